The van der Waals surface area contributed by atoms with E-state index in [-0.39, 0.29) is 11.9 Å². The molecular weight excluding hydrogens is 318 g/mol. The summed E-state index contributed by atoms with van der Waals surface area (Å²) < 4.78 is 7.71. The number of likely N-dealkylation sites (tertiary alicyclic amines) is 1. The van der Waals surface area contributed by atoms with Gasteiger partial charge in [0.1, 0.15) is 0 Å². The van der Waals surface area contributed by atoms with Crippen LogP contribution < -0.4 is 0 Å². The first-order chi connectivity index (χ1) is 12.2. The molecule has 2 aromatic heterocycles. The van der Waals surface area contributed by atoms with Crippen LogP contribution in [0.25, 0.3) is 0 Å². The normalized spacial score (nSPS) is 23.4. The van der Waals surface area contributed by atoms with Crippen molar-refractivity contribution in [3.8, 4) is 0 Å². The van der Waals surface area contributed by atoms with Crippen molar-refractivity contribution in [2.24, 2.45) is 0 Å². The van der Waals surface area contributed by atoms with Crippen molar-refractivity contribution in [1.29, 1.82) is 0 Å². The first-order valence-electron chi connectivity index (χ1n) is 9.37. The van der Waals surface area contributed by atoms with Gasteiger partial charge >= 0.3 is 0 Å². The van der Waals surface area contributed by atoms with Crippen LogP contribution in [-0.2, 0) is 6.54 Å². The summed E-state index contributed by atoms with van der Waals surface area (Å²) in [4.78, 5) is 19.4. The molecule has 3 fully saturated rings. The lowest BCUT2D eigenvalue weighted by atomic mass is 10.2. The van der Waals surface area contributed by atoms with Crippen LogP contribution in [0.3, 0.4) is 0 Å². The van der Waals surface area contributed by atoms with Gasteiger partial charge in [-0.15, -0.1) is 5.10 Å². The average Bonchev–Trinajstić information content (AvgIpc) is 3.51. The highest BCUT2D eigenvalue weighted by atomic mass is 16.4. The number of hydrogen-bond acceptors (Lipinski definition) is 5. The van der Waals surface area contributed by atoms with E-state index in [0.29, 0.717) is 29.8 Å². The highest BCUT2D eigenvalue weighted by molar-refractivity contribution is 5.92. The molecule has 7 heteroatoms. The molecule has 1 amide bonds. The second kappa shape index (κ2) is 5.68. The summed E-state index contributed by atoms with van der Waals surface area (Å²) in [6, 6.07) is 0.148. The lowest BCUT2D eigenvalue weighted by Gasteiger charge is -2.23. The predicted molar refractivity (Wildman–Crippen MR) is 89.3 cm³/mol. The van der Waals surface area contributed by atoms with Crippen molar-refractivity contribution in [2.75, 3.05) is 6.54 Å². The van der Waals surface area contributed by atoms with E-state index in [1.165, 1.54) is 12.8 Å². The fourth-order valence-electron chi connectivity index (χ4n) is 3.73. The molecule has 7 nitrogen and oxygen atoms in total. The van der Waals surface area contributed by atoms with Gasteiger partial charge in [-0.25, -0.2) is 4.98 Å². The predicted octanol–water partition coefficient (Wildman–Crippen LogP) is 2.63. The highest BCUT2D eigenvalue weighted by Gasteiger charge is 2.36. The largest absolute Gasteiger partial charge is 0.435 e. The molecule has 1 atom stereocenters. The lowest BCUT2D eigenvalue weighted by Crippen LogP contribution is -2.38. The van der Waals surface area contributed by atoms with Crippen LogP contribution in [-0.4, -0.2) is 43.4 Å². The molecule has 0 radical (unpaired) electrons. The monoisotopic (exact) mass is 341 g/mol. The number of carbonyl (C=O) groups is 1. The van der Waals surface area contributed by atoms with E-state index in [2.05, 4.69) is 15.3 Å². The Morgan fingerprint density at radius 2 is 2.04 bits per heavy atom. The van der Waals surface area contributed by atoms with E-state index < -0.39 is 0 Å². The molecule has 1 aliphatic heterocycles. The van der Waals surface area contributed by atoms with E-state index in [1.807, 2.05) is 22.7 Å². The number of aromatic nitrogens is 4. The number of rotatable bonds is 5. The van der Waals surface area contributed by atoms with Gasteiger partial charge in [-0.05, 0) is 45.4 Å². The Labute approximate surface area is 146 Å². The summed E-state index contributed by atoms with van der Waals surface area (Å²) in [5.74, 6) is 2.16. The van der Waals surface area contributed by atoms with Crippen LogP contribution in [0.5, 0.6) is 0 Å². The van der Waals surface area contributed by atoms with Gasteiger partial charge in [0.15, 0.2) is 5.89 Å². The molecule has 3 heterocycles. The highest BCUT2D eigenvalue weighted by Crippen LogP contribution is 2.40. The lowest BCUT2D eigenvalue weighted by molar-refractivity contribution is 0.0686. The Hall–Kier alpha value is -2.18. The van der Waals surface area contributed by atoms with Crippen molar-refractivity contribution >= 4 is 5.91 Å². The molecule has 2 saturated carbocycles. The third kappa shape index (κ3) is 2.85. The van der Waals surface area contributed by atoms with E-state index >= 15 is 0 Å². The number of amides is 1. The molecule has 0 unspecified atom stereocenters. The van der Waals surface area contributed by atoms with Crippen LogP contribution in [0.1, 0.15) is 78.2 Å². The second-order valence-electron chi connectivity index (χ2n) is 7.68. The summed E-state index contributed by atoms with van der Waals surface area (Å²) in [5, 5.41) is 8.53. The quantitative estimate of drug-likeness (QED) is 0.835. The van der Waals surface area contributed by atoms with Gasteiger partial charge in [-0.2, -0.15) is 0 Å². The Morgan fingerprint density at radius 3 is 2.80 bits per heavy atom. The summed E-state index contributed by atoms with van der Waals surface area (Å²) in [6.07, 6.45) is 8.74. The second-order valence-corrected chi connectivity index (χ2v) is 7.68. The molecule has 0 N–H and O–H groups in total. The number of carbonyl (C=O) groups excluding carboxylic acids is 1. The van der Waals surface area contributed by atoms with E-state index in [0.717, 1.165) is 43.8 Å². The van der Waals surface area contributed by atoms with E-state index in [1.54, 1.807) is 0 Å². The molecule has 1 saturated heterocycles. The maximum atomic E-state index is 13.0. The van der Waals surface area contributed by atoms with Crippen molar-refractivity contribution in [1.82, 2.24) is 24.9 Å². The summed E-state index contributed by atoms with van der Waals surface area (Å²) in [5.41, 5.74) is 1.81. The molecule has 0 aromatic carbocycles. The Bertz CT molecular complexity index is 802. The zero-order chi connectivity index (χ0) is 17.0. The van der Waals surface area contributed by atoms with Gasteiger partial charge in [-0.1, -0.05) is 5.21 Å². The number of hydrogen-bond donors (Lipinski definition) is 0. The van der Waals surface area contributed by atoms with Crippen LogP contribution in [0.2, 0.25) is 0 Å². The Balaban J connectivity index is 1.32. The van der Waals surface area contributed by atoms with Crippen LogP contribution >= 0.6 is 0 Å². The van der Waals surface area contributed by atoms with E-state index in [4.69, 9.17) is 4.42 Å². The van der Waals surface area contributed by atoms with Crippen molar-refractivity contribution in [2.45, 2.75) is 69.9 Å². The van der Waals surface area contributed by atoms with E-state index in [9.17, 15) is 4.79 Å². The topological polar surface area (TPSA) is 77.0 Å². The third-order valence-corrected chi connectivity index (χ3v) is 5.52. The minimum absolute atomic E-state index is 0.0260. The van der Waals surface area contributed by atoms with Gasteiger partial charge in [0.2, 0.25) is 5.76 Å². The number of nitrogens with zero attached hydrogens (tertiary/aromatic N) is 5. The van der Waals surface area contributed by atoms with Gasteiger partial charge in [0.25, 0.3) is 5.91 Å². The molecule has 5 rings (SSSR count). The van der Waals surface area contributed by atoms with Crippen molar-refractivity contribution in [3.05, 3.63) is 29.2 Å². The average molecular weight is 341 g/mol. The summed E-state index contributed by atoms with van der Waals surface area (Å²) in [7, 11) is 0. The fraction of sp³-hybridized carbons (Fsp3) is 0.667. The van der Waals surface area contributed by atoms with Crippen molar-refractivity contribution < 1.29 is 9.21 Å². The van der Waals surface area contributed by atoms with Crippen LogP contribution in [0, 0.1) is 6.92 Å². The molecular formula is C18H23N5O2. The zero-order valence-corrected chi connectivity index (χ0v) is 14.5. The van der Waals surface area contributed by atoms with Gasteiger partial charge in [0, 0.05) is 24.6 Å². The molecule has 0 bridgehead atoms. The molecule has 2 aliphatic carbocycles. The minimum Gasteiger partial charge on any atom is -0.435 e. The van der Waals surface area contributed by atoms with Crippen molar-refractivity contribution in [3.63, 3.8) is 0 Å². The third-order valence-electron chi connectivity index (χ3n) is 5.52. The first kappa shape index (κ1) is 15.1. The molecule has 132 valence electrons. The standard InChI is InChI=1S/C18H23N5O2/c1-11-16(25-17(19-11)13-6-7-13)18(24)23-8-2-3-14(23)9-22-10-15(20-21-22)12-4-5-12/h10,12-14H,2-9H2,1H3/t14-/m0/s1. The molecule has 3 aliphatic rings. The Morgan fingerprint density at radius 1 is 1.24 bits per heavy atom. The van der Waals surface area contributed by atoms with Crippen LogP contribution in [0.4, 0.5) is 0 Å². The van der Waals surface area contributed by atoms with Gasteiger partial charge < -0.3 is 9.32 Å². The maximum absolute atomic E-state index is 13.0. The molecule has 2 aromatic rings. The zero-order valence-electron chi connectivity index (χ0n) is 14.5. The fourth-order valence-corrected chi connectivity index (χ4v) is 3.73. The number of oxazole rings is 1. The number of aryl methyl sites for hydroxylation is 1. The first-order valence-corrected chi connectivity index (χ1v) is 9.37. The summed E-state index contributed by atoms with van der Waals surface area (Å²) >= 11 is 0. The molecule has 0 spiro atoms. The maximum Gasteiger partial charge on any atom is 0.291 e. The van der Waals surface area contributed by atoms with Gasteiger partial charge in [0.05, 0.1) is 24.0 Å². The summed E-state index contributed by atoms with van der Waals surface area (Å²) in [6.45, 7) is 3.34. The smallest absolute Gasteiger partial charge is 0.291 e. The SMILES string of the molecule is Cc1nc(C2CC2)oc1C(=O)N1CCC[C@H]1Cn1cc(C2CC2)nn1. The Kier molecular flexibility index (Phi) is 3.43. The van der Waals surface area contributed by atoms with Gasteiger partial charge in [-0.3, -0.25) is 9.48 Å². The van der Waals surface area contributed by atoms with Crippen LogP contribution in [0.15, 0.2) is 10.6 Å². The minimum atomic E-state index is -0.0260. The molecule has 25 heavy (non-hydrogen) atoms.